The topological polar surface area (TPSA) is 107 Å². The minimum Gasteiger partial charge on any atom is -0.465 e. The van der Waals surface area contributed by atoms with E-state index in [9.17, 15) is 14.4 Å². The summed E-state index contributed by atoms with van der Waals surface area (Å²) in [5, 5.41) is 5.18. The van der Waals surface area contributed by atoms with Gasteiger partial charge < -0.3 is 20.1 Å². The molecule has 0 radical (unpaired) electrons. The first-order valence-corrected chi connectivity index (χ1v) is 7.48. The Morgan fingerprint density at radius 1 is 1.17 bits per heavy atom. The maximum Gasteiger partial charge on any atom is 0.407 e. The summed E-state index contributed by atoms with van der Waals surface area (Å²) in [5.74, 6) is -0.698. The highest BCUT2D eigenvalue weighted by molar-refractivity contribution is 5.88. The highest BCUT2D eigenvalue weighted by Gasteiger charge is 2.15. The molecule has 132 valence electrons. The Balaban J connectivity index is 2.29. The number of hydrogen-bond acceptors (Lipinski definition) is 6. The third-order valence-corrected chi connectivity index (χ3v) is 2.73. The Kier molecular flexibility index (Phi) is 7.16. The van der Waals surface area contributed by atoms with Crippen LogP contribution in [0.1, 0.15) is 43.2 Å². The van der Waals surface area contributed by atoms with Crippen molar-refractivity contribution >= 4 is 18.0 Å². The first-order valence-electron chi connectivity index (χ1n) is 7.48. The van der Waals surface area contributed by atoms with Crippen LogP contribution in [0.15, 0.2) is 18.3 Å². The molecule has 0 saturated heterocycles. The number of alkyl carbamates (subject to hydrolysis) is 1. The SMILES string of the molecule is COC(=O)c1ccc(CNC(=O)CCNC(=O)OC(C)(C)C)nc1. The number of carbonyl (C=O) groups is 3. The molecule has 0 fully saturated rings. The quantitative estimate of drug-likeness (QED) is 0.760. The van der Waals surface area contributed by atoms with Gasteiger partial charge >= 0.3 is 12.1 Å². The molecule has 1 heterocycles. The number of nitrogens with one attached hydrogen (secondary N) is 2. The molecule has 0 spiro atoms. The minimum atomic E-state index is -0.575. The predicted molar refractivity (Wildman–Crippen MR) is 86.3 cm³/mol. The van der Waals surface area contributed by atoms with Gasteiger partial charge in [0.2, 0.25) is 5.91 Å². The van der Waals surface area contributed by atoms with Gasteiger partial charge in [0.25, 0.3) is 0 Å². The van der Waals surface area contributed by atoms with E-state index in [-0.39, 0.29) is 25.4 Å². The molecule has 8 nitrogen and oxygen atoms in total. The number of ether oxygens (including phenoxy) is 2. The average Bonchev–Trinajstić information content (AvgIpc) is 2.51. The van der Waals surface area contributed by atoms with E-state index in [0.717, 1.165) is 0 Å². The largest absolute Gasteiger partial charge is 0.465 e. The van der Waals surface area contributed by atoms with Gasteiger partial charge in [-0.05, 0) is 32.9 Å². The summed E-state index contributed by atoms with van der Waals surface area (Å²) in [6.45, 7) is 5.69. The third-order valence-electron chi connectivity index (χ3n) is 2.73. The van der Waals surface area contributed by atoms with Crippen LogP contribution >= 0.6 is 0 Å². The van der Waals surface area contributed by atoms with Crippen molar-refractivity contribution in [2.45, 2.75) is 39.3 Å². The molecule has 0 aromatic carbocycles. The highest BCUT2D eigenvalue weighted by atomic mass is 16.6. The molecule has 0 aliphatic rings. The van der Waals surface area contributed by atoms with E-state index in [1.165, 1.54) is 13.3 Å². The van der Waals surface area contributed by atoms with Crippen molar-refractivity contribution in [3.63, 3.8) is 0 Å². The smallest absolute Gasteiger partial charge is 0.407 e. The lowest BCUT2D eigenvalue weighted by Gasteiger charge is -2.19. The van der Waals surface area contributed by atoms with Crippen molar-refractivity contribution in [1.29, 1.82) is 0 Å². The first kappa shape index (κ1) is 19.4. The van der Waals surface area contributed by atoms with E-state index in [0.29, 0.717) is 11.3 Å². The molecule has 2 amide bonds. The average molecular weight is 337 g/mol. The van der Waals surface area contributed by atoms with Gasteiger partial charge in [-0.15, -0.1) is 0 Å². The lowest BCUT2D eigenvalue weighted by atomic mass is 10.2. The van der Waals surface area contributed by atoms with E-state index in [1.54, 1.807) is 32.9 Å². The van der Waals surface area contributed by atoms with E-state index >= 15 is 0 Å². The van der Waals surface area contributed by atoms with Crippen molar-refractivity contribution in [2.24, 2.45) is 0 Å². The molecule has 1 aromatic heterocycles. The summed E-state index contributed by atoms with van der Waals surface area (Å²) < 4.78 is 9.63. The Labute approximate surface area is 140 Å². The van der Waals surface area contributed by atoms with Crippen LogP contribution in [0.4, 0.5) is 4.79 Å². The van der Waals surface area contributed by atoms with Crippen LogP contribution in [-0.2, 0) is 20.8 Å². The number of esters is 1. The normalized spacial score (nSPS) is 10.7. The van der Waals surface area contributed by atoms with Crippen LogP contribution in [0.25, 0.3) is 0 Å². The van der Waals surface area contributed by atoms with E-state index in [2.05, 4.69) is 20.4 Å². The lowest BCUT2D eigenvalue weighted by Crippen LogP contribution is -2.35. The second-order valence-corrected chi connectivity index (χ2v) is 5.99. The summed E-state index contributed by atoms with van der Waals surface area (Å²) in [6.07, 6.45) is 0.951. The van der Waals surface area contributed by atoms with Crippen LogP contribution < -0.4 is 10.6 Å². The number of rotatable bonds is 6. The lowest BCUT2D eigenvalue weighted by molar-refractivity contribution is -0.121. The van der Waals surface area contributed by atoms with Gasteiger partial charge in [-0.25, -0.2) is 9.59 Å². The minimum absolute atomic E-state index is 0.124. The zero-order chi connectivity index (χ0) is 18.2. The van der Waals surface area contributed by atoms with E-state index in [1.807, 2.05) is 0 Å². The van der Waals surface area contributed by atoms with Crippen LogP contribution in [0.3, 0.4) is 0 Å². The molecule has 0 atom stereocenters. The van der Waals surface area contributed by atoms with E-state index < -0.39 is 17.7 Å². The molecule has 0 unspecified atom stereocenters. The third kappa shape index (κ3) is 7.57. The van der Waals surface area contributed by atoms with Crippen LogP contribution in [0, 0.1) is 0 Å². The van der Waals surface area contributed by atoms with Gasteiger partial charge in [0, 0.05) is 19.2 Å². The van der Waals surface area contributed by atoms with Gasteiger partial charge in [-0.3, -0.25) is 9.78 Å². The molecule has 2 N–H and O–H groups in total. The summed E-state index contributed by atoms with van der Waals surface area (Å²) in [4.78, 5) is 38.5. The first-order chi connectivity index (χ1) is 11.2. The van der Waals surface area contributed by atoms with E-state index in [4.69, 9.17) is 4.74 Å². The molecular formula is C16H23N3O5. The number of pyridine rings is 1. The second kappa shape index (κ2) is 8.85. The molecule has 0 saturated carbocycles. The maximum absolute atomic E-state index is 11.7. The molecular weight excluding hydrogens is 314 g/mol. The zero-order valence-corrected chi connectivity index (χ0v) is 14.3. The van der Waals surface area contributed by atoms with Gasteiger partial charge in [0.1, 0.15) is 5.60 Å². The number of hydrogen-bond donors (Lipinski definition) is 2. The fourth-order valence-electron chi connectivity index (χ4n) is 1.64. The van der Waals surface area contributed by atoms with Crippen molar-refractivity contribution in [3.05, 3.63) is 29.6 Å². The summed E-state index contributed by atoms with van der Waals surface area (Å²) in [6, 6.07) is 3.20. The van der Waals surface area contributed by atoms with Gasteiger partial charge in [0.05, 0.1) is 24.9 Å². The monoisotopic (exact) mass is 337 g/mol. The number of methoxy groups -OCH3 is 1. The second-order valence-electron chi connectivity index (χ2n) is 5.99. The molecule has 0 aliphatic carbocycles. The Bertz CT molecular complexity index is 578. The fourth-order valence-corrected chi connectivity index (χ4v) is 1.64. The molecule has 1 rings (SSSR count). The van der Waals surface area contributed by atoms with Crippen molar-refractivity contribution < 1.29 is 23.9 Å². The Morgan fingerprint density at radius 3 is 2.42 bits per heavy atom. The zero-order valence-electron chi connectivity index (χ0n) is 14.3. The van der Waals surface area contributed by atoms with Crippen LogP contribution in [0.2, 0.25) is 0 Å². The fraction of sp³-hybridized carbons (Fsp3) is 0.500. The molecule has 0 bridgehead atoms. The standard InChI is InChI=1S/C16H23N3O5/c1-16(2,3)24-15(22)17-8-7-13(20)19-10-12-6-5-11(9-18-12)14(21)23-4/h5-6,9H,7-8,10H2,1-4H3,(H,17,22)(H,19,20). The van der Waals surface area contributed by atoms with Crippen LogP contribution in [-0.4, -0.2) is 42.2 Å². The van der Waals surface area contributed by atoms with Crippen molar-refractivity contribution in [3.8, 4) is 0 Å². The highest BCUT2D eigenvalue weighted by Crippen LogP contribution is 2.06. The Morgan fingerprint density at radius 2 is 1.88 bits per heavy atom. The van der Waals surface area contributed by atoms with Crippen LogP contribution in [0.5, 0.6) is 0 Å². The van der Waals surface area contributed by atoms with Crippen molar-refractivity contribution in [2.75, 3.05) is 13.7 Å². The summed E-state index contributed by atoms with van der Waals surface area (Å²) in [5.41, 5.74) is 0.374. The van der Waals surface area contributed by atoms with Gasteiger partial charge in [0.15, 0.2) is 0 Å². The Hall–Kier alpha value is -2.64. The molecule has 8 heteroatoms. The summed E-state index contributed by atoms with van der Waals surface area (Å²) in [7, 11) is 1.29. The molecule has 24 heavy (non-hydrogen) atoms. The molecule has 0 aliphatic heterocycles. The number of amides is 2. The number of carbonyl (C=O) groups excluding carboxylic acids is 3. The van der Waals surface area contributed by atoms with Gasteiger partial charge in [-0.1, -0.05) is 0 Å². The maximum atomic E-state index is 11.7. The predicted octanol–water partition coefficient (Wildman–Crippen LogP) is 1.40. The van der Waals surface area contributed by atoms with Crippen molar-refractivity contribution in [1.82, 2.24) is 15.6 Å². The number of aromatic nitrogens is 1. The summed E-state index contributed by atoms with van der Waals surface area (Å²) >= 11 is 0. The molecule has 1 aromatic rings. The number of nitrogens with zero attached hydrogens (tertiary/aromatic N) is 1. The van der Waals surface area contributed by atoms with Gasteiger partial charge in [-0.2, -0.15) is 0 Å².